The van der Waals surface area contributed by atoms with Gasteiger partial charge in [0.1, 0.15) is 0 Å². The Morgan fingerprint density at radius 3 is 0.889 bits per heavy atom. The monoisotopic (exact) mass is 573 g/mol. The van der Waals surface area contributed by atoms with Crippen LogP contribution in [0.15, 0.2) is 146 Å². The average molecular weight is 574 g/mol. The fraction of sp³-hybridized carbons (Fsp3) is 0. The van der Waals surface area contributed by atoms with Crippen molar-refractivity contribution in [2.24, 2.45) is 0 Å². The molecule has 3 aromatic heterocycles. The van der Waals surface area contributed by atoms with E-state index in [1.54, 1.807) is 0 Å². The quantitative estimate of drug-likeness (QED) is 0.188. The van der Waals surface area contributed by atoms with Gasteiger partial charge in [-0.1, -0.05) is 109 Å². The van der Waals surface area contributed by atoms with Crippen LogP contribution < -0.4 is 0 Å². The third-order valence-electron chi connectivity index (χ3n) is 9.49. The van der Waals surface area contributed by atoms with Crippen molar-refractivity contribution in [3.8, 4) is 33.4 Å². The number of aromatic nitrogens is 3. The van der Waals surface area contributed by atoms with Crippen LogP contribution in [0.25, 0.3) is 98.8 Å². The van der Waals surface area contributed by atoms with Crippen molar-refractivity contribution < 1.29 is 0 Å². The second kappa shape index (κ2) is 9.22. The first-order valence-corrected chi connectivity index (χ1v) is 15.4. The van der Waals surface area contributed by atoms with Crippen molar-refractivity contribution >= 4 is 65.4 Å². The van der Waals surface area contributed by atoms with E-state index in [2.05, 4.69) is 161 Å². The molecule has 0 fully saturated rings. The van der Waals surface area contributed by atoms with Crippen LogP contribution in [0.1, 0.15) is 0 Å². The van der Waals surface area contributed by atoms with E-state index in [1.165, 1.54) is 65.7 Å². The lowest BCUT2D eigenvalue weighted by atomic mass is 9.91. The Balaban J connectivity index is 1.29. The van der Waals surface area contributed by atoms with Gasteiger partial charge in [-0.25, -0.2) is 0 Å². The summed E-state index contributed by atoms with van der Waals surface area (Å²) in [5, 5.41) is 7.46. The predicted molar refractivity (Wildman–Crippen MR) is 191 cm³/mol. The molecule has 0 aliphatic rings. The minimum absolute atomic E-state index is 1.15. The highest BCUT2D eigenvalue weighted by molar-refractivity contribution is 6.15. The van der Waals surface area contributed by atoms with E-state index in [-0.39, 0.29) is 0 Å². The summed E-state index contributed by atoms with van der Waals surface area (Å²) in [7, 11) is 0. The molecule has 0 amide bonds. The summed E-state index contributed by atoms with van der Waals surface area (Å²) in [5.74, 6) is 0. The van der Waals surface area contributed by atoms with Crippen LogP contribution >= 0.6 is 0 Å². The molecule has 0 radical (unpaired) electrons. The maximum Gasteiger partial charge on any atom is 0.0544 e. The molecular weight excluding hydrogens is 546 g/mol. The van der Waals surface area contributed by atoms with Crippen LogP contribution in [0.5, 0.6) is 0 Å². The molecular formula is C42H27N3. The summed E-state index contributed by atoms with van der Waals surface area (Å²) in [4.78, 5) is 11.2. The van der Waals surface area contributed by atoms with Crippen molar-refractivity contribution in [3.63, 3.8) is 0 Å². The maximum absolute atomic E-state index is 3.75. The first kappa shape index (κ1) is 24.4. The first-order chi connectivity index (χ1) is 22.3. The molecule has 3 heteroatoms. The number of rotatable bonds is 3. The smallest absolute Gasteiger partial charge is 0.0544 e. The average Bonchev–Trinajstić information content (AvgIpc) is 3.79. The summed E-state index contributed by atoms with van der Waals surface area (Å²) in [6.07, 6.45) is 0. The molecule has 0 bridgehead atoms. The first-order valence-electron chi connectivity index (χ1n) is 15.4. The van der Waals surface area contributed by atoms with Gasteiger partial charge in [-0.3, -0.25) is 0 Å². The number of benzene rings is 7. The molecule has 45 heavy (non-hydrogen) atoms. The number of para-hydroxylation sites is 6. The van der Waals surface area contributed by atoms with Gasteiger partial charge in [0, 0.05) is 65.6 Å². The van der Waals surface area contributed by atoms with Gasteiger partial charge in [-0.05, 0) is 53.1 Å². The van der Waals surface area contributed by atoms with Crippen molar-refractivity contribution in [2.45, 2.75) is 0 Å². The van der Waals surface area contributed by atoms with Crippen molar-refractivity contribution in [1.82, 2.24) is 15.0 Å². The van der Waals surface area contributed by atoms with Crippen LogP contribution in [0, 0.1) is 0 Å². The summed E-state index contributed by atoms with van der Waals surface area (Å²) in [6, 6.07) is 52.7. The minimum atomic E-state index is 1.15. The molecule has 0 unspecified atom stereocenters. The molecule has 0 spiro atoms. The Bertz CT molecular complexity index is 2450. The molecule has 3 nitrogen and oxygen atoms in total. The fourth-order valence-electron chi connectivity index (χ4n) is 7.44. The highest BCUT2D eigenvalue weighted by Gasteiger charge is 2.17. The molecule has 0 aliphatic heterocycles. The van der Waals surface area contributed by atoms with Crippen LogP contribution in [0.2, 0.25) is 0 Å². The van der Waals surface area contributed by atoms with Crippen LogP contribution in [-0.4, -0.2) is 15.0 Å². The zero-order valence-corrected chi connectivity index (χ0v) is 24.4. The van der Waals surface area contributed by atoms with Gasteiger partial charge < -0.3 is 15.0 Å². The van der Waals surface area contributed by atoms with Gasteiger partial charge in [0.25, 0.3) is 0 Å². The number of hydrogen-bond acceptors (Lipinski definition) is 0. The van der Waals surface area contributed by atoms with E-state index in [0.717, 1.165) is 33.1 Å². The zero-order valence-electron chi connectivity index (χ0n) is 24.4. The normalized spacial score (nSPS) is 12.0. The Morgan fingerprint density at radius 2 is 0.556 bits per heavy atom. The Kier molecular flexibility index (Phi) is 5.00. The predicted octanol–water partition coefficient (Wildman–Crippen LogP) is 11.6. The summed E-state index contributed by atoms with van der Waals surface area (Å²) in [6.45, 7) is 0. The zero-order chi connectivity index (χ0) is 29.5. The highest BCUT2D eigenvalue weighted by atomic mass is 14.7. The van der Waals surface area contributed by atoms with E-state index in [0.29, 0.717) is 0 Å². The third kappa shape index (κ3) is 3.58. The number of fused-ring (bicyclic) bond motifs is 9. The topological polar surface area (TPSA) is 47.4 Å². The molecule has 210 valence electrons. The largest absolute Gasteiger partial charge is 0.354 e. The lowest BCUT2D eigenvalue weighted by molar-refractivity contribution is 1.51. The summed E-state index contributed by atoms with van der Waals surface area (Å²) < 4.78 is 0. The number of nitrogens with one attached hydrogen (secondary N) is 3. The second-order valence-corrected chi connectivity index (χ2v) is 12.0. The molecule has 3 heterocycles. The molecule has 0 saturated carbocycles. The van der Waals surface area contributed by atoms with E-state index in [1.807, 2.05) is 0 Å². The Morgan fingerprint density at radius 1 is 0.267 bits per heavy atom. The van der Waals surface area contributed by atoms with Crippen LogP contribution in [0.3, 0.4) is 0 Å². The van der Waals surface area contributed by atoms with Crippen molar-refractivity contribution in [2.75, 3.05) is 0 Å². The number of hydrogen-bond donors (Lipinski definition) is 3. The molecule has 0 aliphatic carbocycles. The van der Waals surface area contributed by atoms with Gasteiger partial charge in [0.15, 0.2) is 0 Å². The summed E-state index contributed by atoms with van der Waals surface area (Å²) >= 11 is 0. The van der Waals surface area contributed by atoms with Gasteiger partial charge in [0.2, 0.25) is 0 Å². The van der Waals surface area contributed by atoms with Gasteiger partial charge in [-0.2, -0.15) is 0 Å². The number of aromatic amines is 3. The third-order valence-corrected chi connectivity index (χ3v) is 9.49. The lowest BCUT2D eigenvalue weighted by Crippen LogP contribution is -1.89. The van der Waals surface area contributed by atoms with Crippen LogP contribution in [0.4, 0.5) is 0 Å². The standard InChI is InChI=1S/C42H27N3/c1-4-19-37-31(10-1)34-16-7-13-28(40(34)43-37)25-22-26(29-14-8-17-35-32-11-2-5-20-38(32)44-41(29)35)24-27(23-25)30-15-9-18-36-33-12-3-6-21-39(33)45-42(30)36/h1-24,43-45H. The molecule has 3 N–H and O–H groups in total. The van der Waals surface area contributed by atoms with Gasteiger partial charge >= 0.3 is 0 Å². The Labute approximate surface area is 258 Å². The molecule has 0 atom stereocenters. The lowest BCUT2D eigenvalue weighted by Gasteiger charge is -2.13. The molecule has 0 saturated heterocycles. The van der Waals surface area contributed by atoms with Crippen LogP contribution in [-0.2, 0) is 0 Å². The highest BCUT2D eigenvalue weighted by Crippen LogP contribution is 2.42. The van der Waals surface area contributed by atoms with Crippen molar-refractivity contribution in [1.29, 1.82) is 0 Å². The number of H-pyrrole nitrogens is 3. The fourth-order valence-corrected chi connectivity index (χ4v) is 7.44. The maximum atomic E-state index is 3.75. The molecule has 7 aromatic carbocycles. The van der Waals surface area contributed by atoms with E-state index in [4.69, 9.17) is 0 Å². The second-order valence-electron chi connectivity index (χ2n) is 12.0. The minimum Gasteiger partial charge on any atom is -0.354 e. The Hall–Kier alpha value is -6.06. The van der Waals surface area contributed by atoms with Gasteiger partial charge in [-0.15, -0.1) is 0 Å². The van der Waals surface area contributed by atoms with E-state index in [9.17, 15) is 0 Å². The SMILES string of the molecule is c1ccc2c(c1)[nH]c1c(-c3cc(-c4cccc5c4[nH]c4ccccc45)cc(-c4cccc5c4[nH]c4ccccc45)c3)cccc12. The molecule has 10 rings (SSSR count). The van der Waals surface area contributed by atoms with E-state index >= 15 is 0 Å². The summed E-state index contributed by atoms with van der Waals surface area (Å²) in [5.41, 5.74) is 14.1. The van der Waals surface area contributed by atoms with E-state index < -0.39 is 0 Å². The van der Waals surface area contributed by atoms with Crippen molar-refractivity contribution in [3.05, 3.63) is 146 Å². The van der Waals surface area contributed by atoms with Gasteiger partial charge in [0.05, 0.1) is 16.6 Å². The molecule has 10 aromatic rings.